The molecule has 0 aliphatic carbocycles. The van der Waals surface area contributed by atoms with Gasteiger partial charge in [-0.2, -0.15) is 0 Å². The molecule has 0 saturated heterocycles. The summed E-state index contributed by atoms with van der Waals surface area (Å²) in [4.78, 5) is 0. The molecule has 1 aromatic carbocycles. The van der Waals surface area contributed by atoms with Gasteiger partial charge in [-0.25, -0.2) is 0 Å². The summed E-state index contributed by atoms with van der Waals surface area (Å²) in [5.41, 5.74) is 3.04. The maximum atomic E-state index is 6.06. The van der Waals surface area contributed by atoms with Crippen LogP contribution in [-0.4, -0.2) is 5.38 Å². The highest BCUT2D eigenvalue weighted by atomic mass is 35.5. The van der Waals surface area contributed by atoms with Crippen molar-refractivity contribution in [2.75, 3.05) is 0 Å². The molecule has 84 valence electrons. The van der Waals surface area contributed by atoms with E-state index in [1.54, 1.807) is 0 Å². The number of aryl methyl sites for hydroxylation is 1. The lowest BCUT2D eigenvalue weighted by Gasteiger charge is -2.26. The van der Waals surface area contributed by atoms with E-state index in [1.165, 1.54) is 11.1 Å². The SMILES string of the molecule is Cc1cccc(CC(C)(C)CC(C)Cl)c1. The van der Waals surface area contributed by atoms with Crippen molar-refractivity contribution in [3.05, 3.63) is 35.4 Å². The van der Waals surface area contributed by atoms with E-state index in [2.05, 4.69) is 52.0 Å². The molecular formula is C14H21Cl. The number of hydrogen-bond acceptors (Lipinski definition) is 0. The average Bonchev–Trinajstić information content (AvgIpc) is 1.99. The maximum absolute atomic E-state index is 6.06. The van der Waals surface area contributed by atoms with Crippen LogP contribution in [0, 0.1) is 12.3 Å². The van der Waals surface area contributed by atoms with Crippen LogP contribution in [0.2, 0.25) is 0 Å². The lowest BCUT2D eigenvalue weighted by atomic mass is 9.81. The van der Waals surface area contributed by atoms with Crippen molar-refractivity contribution in [3.63, 3.8) is 0 Å². The third-order valence-electron chi connectivity index (χ3n) is 2.60. The first-order valence-electron chi connectivity index (χ1n) is 5.59. The first kappa shape index (κ1) is 12.6. The normalized spacial score (nSPS) is 13.9. The Hall–Kier alpha value is -0.490. The van der Waals surface area contributed by atoms with Crippen molar-refractivity contribution in [2.24, 2.45) is 5.41 Å². The molecule has 0 N–H and O–H groups in total. The number of hydrogen-bond donors (Lipinski definition) is 0. The fourth-order valence-corrected chi connectivity index (χ4v) is 2.63. The average molecular weight is 225 g/mol. The Kier molecular flexibility index (Phi) is 4.21. The predicted molar refractivity (Wildman–Crippen MR) is 68.6 cm³/mol. The van der Waals surface area contributed by atoms with Gasteiger partial charge in [-0.1, -0.05) is 43.7 Å². The summed E-state index contributed by atoms with van der Waals surface area (Å²) in [6.45, 7) is 8.78. The zero-order chi connectivity index (χ0) is 11.5. The minimum Gasteiger partial charge on any atom is -0.123 e. The van der Waals surface area contributed by atoms with Crippen LogP contribution in [-0.2, 0) is 6.42 Å². The van der Waals surface area contributed by atoms with Crippen LogP contribution in [0.1, 0.15) is 38.3 Å². The van der Waals surface area contributed by atoms with Gasteiger partial charge in [-0.15, -0.1) is 11.6 Å². The maximum Gasteiger partial charge on any atom is 0.0313 e. The highest BCUT2D eigenvalue weighted by molar-refractivity contribution is 6.20. The van der Waals surface area contributed by atoms with Crippen molar-refractivity contribution in [3.8, 4) is 0 Å². The molecule has 0 aliphatic rings. The molecule has 0 aliphatic heterocycles. The minimum atomic E-state index is 0.254. The van der Waals surface area contributed by atoms with Gasteiger partial charge in [0, 0.05) is 5.38 Å². The molecule has 0 saturated carbocycles. The number of alkyl halides is 1. The molecule has 15 heavy (non-hydrogen) atoms. The van der Waals surface area contributed by atoms with Crippen LogP contribution in [0.25, 0.3) is 0 Å². The fraction of sp³-hybridized carbons (Fsp3) is 0.571. The molecule has 0 fully saturated rings. The van der Waals surface area contributed by atoms with Gasteiger partial charge < -0.3 is 0 Å². The van der Waals surface area contributed by atoms with Gasteiger partial charge in [0.1, 0.15) is 0 Å². The standard InChI is InChI=1S/C14H21Cl/c1-11-6-5-7-13(8-11)10-14(3,4)9-12(2)15/h5-8,12H,9-10H2,1-4H3. The van der Waals surface area contributed by atoms with Crippen molar-refractivity contribution >= 4 is 11.6 Å². The molecule has 0 bridgehead atoms. The second-order valence-corrected chi connectivity index (χ2v) is 6.06. The Morgan fingerprint density at radius 2 is 2.00 bits per heavy atom. The zero-order valence-corrected chi connectivity index (χ0v) is 10.9. The van der Waals surface area contributed by atoms with Crippen LogP contribution < -0.4 is 0 Å². The summed E-state index contributed by atoms with van der Waals surface area (Å²) in [6.07, 6.45) is 2.16. The van der Waals surface area contributed by atoms with Crippen molar-refractivity contribution < 1.29 is 0 Å². The van der Waals surface area contributed by atoms with E-state index in [0.717, 1.165) is 12.8 Å². The van der Waals surface area contributed by atoms with E-state index in [1.807, 2.05) is 0 Å². The zero-order valence-electron chi connectivity index (χ0n) is 10.2. The second-order valence-electron chi connectivity index (χ2n) is 5.31. The molecule has 0 radical (unpaired) electrons. The molecular weight excluding hydrogens is 204 g/mol. The van der Waals surface area contributed by atoms with Gasteiger partial charge >= 0.3 is 0 Å². The molecule has 1 heteroatoms. The van der Waals surface area contributed by atoms with E-state index in [-0.39, 0.29) is 10.8 Å². The first-order valence-corrected chi connectivity index (χ1v) is 6.02. The first-order chi connectivity index (χ1) is 6.89. The molecule has 1 atom stereocenters. The van der Waals surface area contributed by atoms with Crippen molar-refractivity contribution in [2.45, 2.75) is 45.9 Å². The van der Waals surface area contributed by atoms with E-state index < -0.39 is 0 Å². The monoisotopic (exact) mass is 224 g/mol. The smallest absolute Gasteiger partial charge is 0.0313 e. The fourth-order valence-electron chi connectivity index (χ4n) is 2.21. The van der Waals surface area contributed by atoms with Crippen LogP contribution in [0.15, 0.2) is 24.3 Å². The van der Waals surface area contributed by atoms with E-state index in [0.29, 0.717) is 0 Å². The lowest BCUT2D eigenvalue weighted by molar-refractivity contribution is 0.331. The molecule has 0 amide bonds. The largest absolute Gasteiger partial charge is 0.123 e. The Bertz CT molecular complexity index is 313. The molecule has 0 spiro atoms. The summed E-state index contributed by atoms with van der Waals surface area (Å²) in [7, 11) is 0. The third-order valence-corrected chi connectivity index (χ3v) is 2.75. The molecule has 0 heterocycles. The Morgan fingerprint density at radius 1 is 1.33 bits per heavy atom. The van der Waals surface area contributed by atoms with Crippen LogP contribution in [0.5, 0.6) is 0 Å². The third kappa shape index (κ3) is 4.70. The molecule has 0 aromatic heterocycles. The van der Waals surface area contributed by atoms with Crippen LogP contribution in [0.3, 0.4) is 0 Å². The molecule has 0 nitrogen and oxygen atoms in total. The number of benzene rings is 1. The Morgan fingerprint density at radius 3 is 2.53 bits per heavy atom. The van der Waals surface area contributed by atoms with Gasteiger partial charge in [-0.3, -0.25) is 0 Å². The summed E-state index contributed by atoms with van der Waals surface area (Å²) in [6, 6.07) is 8.74. The van der Waals surface area contributed by atoms with E-state index >= 15 is 0 Å². The molecule has 1 unspecified atom stereocenters. The molecule has 1 rings (SSSR count). The van der Waals surface area contributed by atoms with Gasteiger partial charge in [0.15, 0.2) is 0 Å². The molecule has 1 aromatic rings. The van der Waals surface area contributed by atoms with Crippen LogP contribution in [0.4, 0.5) is 0 Å². The van der Waals surface area contributed by atoms with Gasteiger partial charge in [0.2, 0.25) is 0 Å². The summed E-state index contributed by atoms with van der Waals surface area (Å²) < 4.78 is 0. The Balaban J connectivity index is 2.68. The quantitative estimate of drug-likeness (QED) is 0.657. The Labute approximate surface area is 98.7 Å². The van der Waals surface area contributed by atoms with Crippen LogP contribution >= 0.6 is 11.6 Å². The van der Waals surface area contributed by atoms with E-state index in [4.69, 9.17) is 11.6 Å². The lowest BCUT2D eigenvalue weighted by Crippen LogP contribution is -2.18. The topological polar surface area (TPSA) is 0 Å². The van der Waals surface area contributed by atoms with E-state index in [9.17, 15) is 0 Å². The highest BCUT2D eigenvalue weighted by Crippen LogP contribution is 2.29. The predicted octanol–water partition coefficient (Wildman–Crippen LogP) is 4.58. The van der Waals surface area contributed by atoms with Gasteiger partial charge in [0.25, 0.3) is 0 Å². The number of halogens is 1. The highest BCUT2D eigenvalue weighted by Gasteiger charge is 2.20. The number of rotatable bonds is 4. The minimum absolute atomic E-state index is 0.254. The van der Waals surface area contributed by atoms with Gasteiger partial charge in [-0.05, 0) is 37.7 Å². The summed E-state index contributed by atoms with van der Waals surface area (Å²) in [5.74, 6) is 0. The summed E-state index contributed by atoms with van der Waals surface area (Å²) >= 11 is 6.06. The van der Waals surface area contributed by atoms with Crippen molar-refractivity contribution in [1.29, 1.82) is 0 Å². The second kappa shape index (κ2) is 5.03. The summed E-state index contributed by atoms with van der Waals surface area (Å²) in [5, 5.41) is 0.254. The van der Waals surface area contributed by atoms with Crippen molar-refractivity contribution in [1.82, 2.24) is 0 Å². The van der Waals surface area contributed by atoms with Gasteiger partial charge in [0.05, 0.1) is 0 Å².